The maximum atomic E-state index is 10.0. The zero-order valence-electron chi connectivity index (χ0n) is 9.18. The van der Waals surface area contributed by atoms with Crippen molar-refractivity contribution in [1.29, 1.82) is 0 Å². The van der Waals surface area contributed by atoms with Gasteiger partial charge in [0, 0.05) is 11.4 Å². The summed E-state index contributed by atoms with van der Waals surface area (Å²) in [5, 5.41) is 3.28. The fourth-order valence-corrected chi connectivity index (χ4v) is 1.46. The molecule has 17 heavy (non-hydrogen) atoms. The molecule has 0 aliphatic rings. The van der Waals surface area contributed by atoms with Gasteiger partial charge in [0.15, 0.2) is 5.94 Å². The quantitative estimate of drug-likeness (QED) is 0.635. The standard InChI is InChI=1S/C15H11NO/c17-12-4-5-13-8-10-15(11-9-13)16-14-6-2-1-3-7-14/h1-3,5-11,16H. The highest BCUT2D eigenvalue weighted by Gasteiger charge is 1.93. The fourth-order valence-electron chi connectivity index (χ4n) is 1.46. The third kappa shape index (κ3) is 3.22. The lowest BCUT2D eigenvalue weighted by Gasteiger charge is -2.05. The molecule has 0 aliphatic heterocycles. The fraction of sp³-hybridized carbons (Fsp3) is 0. The minimum Gasteiger partial charge on any atom is -0.356 e. The summed E-state index contributed by atoms with van der Waals surface area (Å²) in [5.41, 5.74) is 5.35. The first kappa shape index (κ1) is 11.0. The molecular formula is C15H11NO. The molecule has 0 aliphatic carbocycles. The monoisotopic (exact) mass is 221 g/mol. The maximum Gasteiger partial charge on any atom is 0.177 e. The van der Waals surface area contributed by atoms with Gasteiger partial charge in [-0.15, -0.1) is 0 Å². The van der Waals surface area contributed by atoms with Crippen molar-refractivity contribution in [2.24, 2.45) is 0 Å². The Morgan fingerprint density at radius 1 is 0.882 bits per heavy atom. The van der Waals surface area contributed by atoms with E-state index in [1.54, 1.807) is 12.0 Å². The number of para-hydroxylation sites is 1. The number of hydrogen-bond acceptors (Lipinski definition) is 2. The van der Waals surface area contributed by atoms with Gasteiger partial charge in [-0.2, -0.15) is 0 Å². The van der Waals surface area contributed by atoms with Crippen LogP contribution in [-0.2, 0) is 4.79 Å². The molecule has 0 heterocycles. The van der Waals surface area contributed by atoms with Crippen molar-refractivity contribution in [2.75, 3.05) is 5.32 Å². The third-order valence-electron chi connectivity index (χ3n) is 2.27. The van der Waals surface area contributed by atoms with E-state index in [0.29, 0.717) is 0 Å². The Bertz CT molecular complexity index is 560. The molecule has 1 N–H and O–H groups in total. The first-order chi connectivity index (χ1) is 8.38. The molecular weight excluding hydrogens is 210 g/mol. The minimum atomic E-state index is 0.923. The third-order valence-corrected chi connectivity index (χ3v) is 2.27. The van der Waals surface area contributed by atoms with Gasteiger partial charge in [-0.05, 0) is 41.6 Å². The second-order valence-electron chi connectivity index (χ2n) is 3.50. The van der Waals surface area contributed by atoms with Crippen molar-refractivity contribution in [3.63, 3.8) is 0 Å². The van der Waals surface area contributed by atoms with E-state index < -0.39 is 0 Å². The van der Waals surface area contributed by atoms with Gasteiger partial charge in [-0.1, -0.05) is 30.3 Å². The van der Waals surface area contributed by atoms with Gasteiger partial charge >= 0.3 is 0 Å². The summed E-state index contributed by atoms with van der Waals surface area (Å²) in [7, 11) is 0. The Morgan fingerprint density at radius 2 is 1.53 bits per heavy atom. The van der Waals surface area contributed by atoms with Crippen molar-refractivity contribution in [3.8, 4) is 0 Å². The van der Waals surface area contributed by atoms with Crippen LogP contribution in [0.5, 0.6) is 0 Å². The molecule has 0 spiro atoms. The van der Waals surface area contributed by atoms with E-state index >= 15 is 0 Å². The largest absolute Gasteiger partial charge is 0.356 e. The molecule has 0 unspecified atom stereocenters. The molecule has 0 radical (unpaired) electrons. The van der Waals surface area contributed by atoms with Gasteiger partial charge in [0.2, 0.25) is 0 Å². The van der Waals surface area contributed by atoms with E-state index in [2.05, 4.69) is 11.0 Å². The summed E-state index contributed by atoms with van der Waals surface area (Å²) >= 11 is 0. The summed E-state index contributed by atoms with van der Waals surface area (Å²) in [4.78, 5) is 10.0. The van der Waals surface area contributed by atoms with Crippen LogP contribution in [0.15, 0.2) is 60.3 Å². The number of hydrogen-bond donors (Lipinski definition) is 1. The van der Waals surface area contributed by atoms with Crippen molar-refractivity contribution in [1.82, 2.24) is 0 Å². The number of anilines is 2. The SMILES string of the molecule is O=C=C=Cc1ccc(Nc2ccccc2)cc1. The molecule has 2 heteroatoms. The molecule has 0 fully saturated rings. The van der Waals surface area contributed by atoms with Crippen LogP contribution in [0.2, 0.25) is 0 Å². The molecule has 0 saturated carbocycles. The van der Waals surface area contributed by atoms with Crippen molar-refractivity contribution in [3.05, 3.63) is 65.9 Å². The van der Waals surface area contributed by atoms with Gasteiger partial charge in [0.25, 0.3) is 0 Å². The summed E-state index contributed by atoms with van der Waals surface area (Å²) in [6, 6.07) is 17.7. The molecule has 2 nitrogen and oxygen atoms in total. The Balaban J connectivity index is 2.14. The lowest BCUT2D eigenvalue weighted by molar-refractivity contribution is 0.569. The van der Waals surface area contributed by atoms with Crippen LogP contribution in [0.3, 0.4) is 0 Å². The van der Waals surface area contributed by atoms with Crippen LogP contribution < -0.4 is 5.32 Å². The van der Waals surface area contributed by atoms with Crippen LogP contribution in [0, 0.1) is 0 Å². The predicted molar refractivity (Wildman–Crippen MR) is 69.8 cm³/mol. The Morgan fingerprint density at radius 3 is 2.18 bits per heavy atom. The summed E-state index contributed by atoms with van der Waals surface area (Å²) in [5.74, 6) is 1.60. The van der Waals surface area contributed by atoms with Crippen LogP contribution in [0.25, 0.3) is 6.08 Å². The molecule has 0 atom stereocenters. The topological polar surface area (TPSA) is 29.1 Å². The van der Waals surface area contributed by atoms with E-state index in [1.165, 1.54) is 0 Å². The number of rotatable bonds is 3. The molecule has 2 rings (SSSR count). The van der Waals surface area contributed by atoms with E-state index in [4.69, 9.17) is 0 Å². The van der Waals surface area contributed by atoms with Gasteiger partial charge < -0.3 is 5.32 Å². The molecule has 0 saturated heterocycles. The first-order valence-electron chi connectivity index (χ1n) is 5.26. The van der Waals surface area contributed by atoms with E-state index in [9.17, 15) is 4.79 Å². The van der Waals surface area contributed by atoms with Crippen LogP contribution in [-0.4, -0.2) is 5.94 Å². The summed E-state index contributed by atoms with van der Waals surface area (Å²) in [6.45, 7) is 0. The first-order valence-corrected chi connectivity index (χ1v) is 5.26. The van der Waals surface area contributed by atoms with Crippen molar-refractivity contribution in [2.45, 2.75) is 0 Å². The smallest absolute Gasteiger partial charge is 0.177 e. The molecule has 0 aromatic heterocycles. The lowest BCUT2D eigenvalue weighted by atomic mass is 10.2. The van der Waals surface area contributed by atoms with Crippen molar-refractivity contribution < 1.29 is 4.79 Å². The van der Waals surface area contributed by atoms with Crippen LogP contribution in [0.1, 0.15) is 5.56 Å². The second kappa shape index (κ2) is 5.53. The molecule has 2 aromatic carbocycles. The molecule has 82 valence electrons. The highest BCUT2D eigenvalue weighted by Crippen LogP contribution is 2.16. The van der Waals surface area contributed by atoms with Crippen molar-refractivity contribution >= 4 is 23.4 Å². The van der Waals surface area contributed by atoms with E-state index in [-0.39, 0.29) is 0 Å². The van der Waals surface area contributed by atoms with E-state index in [1.807, 2.05) is 54.6 Å². The number of benzene rings is 2. The van der Waals surface area contributed by atoms with Gasteiger partial charge in [-0.3, -0.25) is 0 Å². The van der Waals surface area contributed by atoms with E-state index in [0.717, 1.165) is 16.9 Å². The number of carbonyl (C=O) groups excluding carboxylic acids is 1. The van der Waals surface area contributed by atoms with Crippen LogP contribution in [0.4, 0.5) is 11.4 Å². The maximum absolute atomic E-state index is 10.0. The Labute approximate surface area is 99.9 Å². The minimum absolute atomic E-state index is 0.923. The zero-order chi connectivity index (χ0) is 11.9. The van der Waals surface area contributed by atoms with Gasteiger partial charge in [0.05, 0.1) is 0 Å². The zero-order valence-corrected chi connectivity index (χ0v) is 9.18. The normalized spacial score (nSPS) is 8.94. The summed E-state index contributed by atoms with van der Waals surface area (Å²) in [6.07, 6.45) is 1.60. The van der Waals surface area contributed by atoms with Gasteiger partial charge in [0.1, 0.15) is 0 Å². The Hall–Kier alpha value is -2.53. The Kier molecular flexibility index (Phi) is 3.57. The molecule has 0 amide bonds. The highest BCUT2D eigenvalue weighted by atomic mass is 16.1. The second-order valence-corrected chi connectivity index (χ2v) is 3.50. The molecule has 0 bridgehead atoms. The average molecular weight is 221 g/mol. The number of nitrogens with one attached hydrogen (secondary N) is 1. The summed E-state index contributed by atoms with van der Waals surface area (Å²) < 4.78 is 0. The van der Waals surface area contributed by atoms with Gasteiger partial charge in [-0.25, -0.2) is 4.79 Å². The average Bonchev–Trinajstić information content (AvgIpc) is 2.39. The highest BCUT2D eigenvalue weighted by molar-refractivity contribution is 5.63. The van der Waals surface area contributed by atoms with Crippen LogP contribution >= 0.6 is 0 Å². The lowest BCUT2D eigenvalue weighted by Crippen LogP contribution is -1.88. The predicted octanol–water partition coefficient (Wildman–Crippen LogP) is 3.43. The molecule has 2 aromatic rings.